The van der Waals surface area contributed by atoms with Crippen molar-refractivity contribution in [3.05, 3.63) is 41.7 Å². The Balaban J connectivity index is 1.79. The Morgan fingerprint density at radius 3 is 2.86 bits per heavy atom. The van der Waals surface area contributed by atoms with E-state index in [2.05, 4.69) is 21.5 Å². The number of carbonyl (C=O) groups excluding carboxylic acids is 1. The highest BCUT2D eigenvalue weighted by atomic mass is 32.1. The summed E-state index contributed by atoms with van der Waals surface area (Å²) in [6.07, 6.45) is 3.59. The normalized spacial score (nSPS) is 12.5. The van der Waals surface area contributed by atoms with Crippen LogP contribution in [-0.4, -0.2) is 20.7 Å². The van der Waals surface area contributed by atoms with E-state index in [4.69, 9.17) is 0 Å². The highest BCUT2D eigenvalue weighted by molar-refractivity contribution is 7.22. The van der Waals surface area contributed by atoms with Gasteiger partial charge >= 0.3 is 0 Å². The van der Waals surface area contributed by atoms with Gasteiger partial charge in [0.2, 0.25) is 0 Å². The summed E-state index contributed by atoms with van der Waals surface area (Å²) in [6, 6.07) is 5.69. The van der Waals surface area contributed by atoms with Crippen LogP contribution in [0.1, 0.15) is 24.1 Å². The number of hydrogen-bond donors (Lipinski definition) is 1. The molecule has 0 saturated heterocycles. The van der Waals surface area contributed by atoms with Crippen LogP contribution < -0.4 is 5.32 Å². The van der Waals surface area contributed by atoms with Gasteiger partial charge in [0, 0.05) is 6.20 Å². The van der Waals surface area contributed by atoms with E-state index in [9.17, 15) is 4.79 Å². The molecule has 1 N–H and O–H groups in total. The molecule has 1 unspecified atom stereocenters. The van der Waals surface area contributed by atoms with Gasteiger partial charge in [-0.05, 0) is 44.0 Å². The van der Waals surface area contributed by atoms with E-state index in [1.165, 1.54) is 16.9 Å². The zero-order valence-electron chi connectivity index (χ0n) is 12.1. The van der Waals surface area contributed by atoms with Crippen LogP contribution >= 0.6 is 11.3 Å². The molecule has 3 aromatic rings. The maximum atomic E-state index is 12.3. The number of thiazole rings is 1. The van der Waals surface area contributed by atoms with Gasteiger partial charge in [0.15, 0.2) is 5.13 Å². The molecule has 6 heteroatoms. The molecule has 0 spiro atoms. The number of hydrogen-bond acceptors (Lipinski definition) is 4. The van der Waals surface area contributed by atoms with Crippen molar-refractivity contribution in [3.8, 4) is 0 Å². The fourth-order valence-corrected chi connectivity index (χ4v) is 3.03. The van der Waals surface area contributed by atoms with Gasteiger partial charge in [-0.3, -0.25) is 9.48 Å². The summed E-state index contributed by atoms with van der Waals surface area (Å²) in [7, 11) is 0. The van der Waals surface area contributed by atoms with Crippen molar-refractivity contribution in [2.45, 2.75) is 26.8 Å². The van der Waals surface area contributed by atoms with E-state index in [0.29, 0.717) is 5.13 Å². The van der Waals surface area contributed by atoms with E-state index >= 15 is 0 Å². The van der Waals surface area contributed by atoms with Crippen LogP contribution in [0.5, 0.6) is 0 Å². The molecule has 0 aliphatic carbocycles. The monoisotopic (exact) mass is 300 g/mol. The fourth-order valence-electron chi connectivity index (χ4n) is 2.06. The highest BCUT2D eigenvalue weighted by Crippen LogP contribution is 2.27. The van der Waals surface area contributed by atoms with Crippen molar-refractivity contribution in [1.82, 2.24) is 14.8 Å². The minimum atomic E-state index is -0.368. The molecule has 0 fully saturated rings. The van der Waals surface area contributed by atoms with Crippen LogP contribution in [0.25, 0.3) is 10.2 Å². The molecular formula is C15H16N4OS. The number of nitrogens with zero attached hydrogens (tertiary/aromatic N) is 3. The molecular weight excluding hydrogens is 284 g/mol. The Labute approximate surface area is 126 Å². The number of aryl methyl sites for hydroxylation is 2. The van der Waals surface area contributed by atoms with Gasteiger partial charge in [-0.15, -0.1) is 0 Å². The molecule has 0 aliphatic heterocycles. The van der Waals surface area contributed by atoms with E-state index in [1.54, 1.807) is 10.9 Å². The number of benzene rings is 1. The minimum Gasteiger partial charge on any atom is -0.300 e. The maximum absolute atomic E-state index is 12.3. The first-order valence-electron chi connectivity index (χ1n) is 6.72. The molecule has 2 aromatic heterocycles. The quantitative estimate of drug-likeness (QED) is 0.807. The molecule has 3 rings (SSSR count). The van der Waals surface area contributed by atoms with Crippen molar-refractivity contribution < 1.29 is 4.79 Å². The summed E-state index contributed by atoms with van der Waals surface area (Å²) in [5.41, 5.74) is 3.12. The Morgan fingerprint density at radius 2 is 2.14 bits per heavy atom. The van der Waals surface area contributed by atoms with Crippen molar-refractivity contribution in [2.75, 3.05) is 5.32 Å². The molecule has 1 atom stereocenters. The first-order chi connectivity index (χ1) is 10.0. The second kappa shape index (κ2) is 5.29. The zero-order chi connectivity index (χ0) is 15.0. The van der Waals surface area contributed by atoms with Gasteiger partial charge in [-0.25, -0.2) is 4.98 Å². The molecule has 2 heterocycles. The van der Waals surface area contributed by atoms with E-state index in [-0.39, 0.29) is 11.9 Å². The standard InChI is InChI=1S/C15H16N4OS/c1-9-4-5-12-13(6-9)21-15(17-12)18-14(20)11(3)19-8-10(2)7-16-19/h4-8,11H,1-3H3,(H,17,18,20). The topological polar surface area (TPSA) is 59.8 Å². The Morgan fingerprint density at radius 1 is 1.33 bits per heavy atom. The van der Waals surface area contributed by atoms with Gasteiger partial charge in [0.25, 0.3) is 5.91 Å². The number of rotatable bonds is 3. The Kier molecular flexibility index (Phi) is 3.47. The van der Waals surface area contributed by atoms with Gasteiger partial charge in [0.1, 0.15) is 6.04 Å². The summed E-state index contributed by atoms with van der Waals surface area (Å²) in [5, 5.41) is 7.66. The largest absolute Gasteiger partial charge is 0.300 e. The molecule has 1 aromatic carbocycles. The predicted octanol–water partition coefficient (Wildman–Crippen LogP) is 3.31. The lowest BCUT2D eigenvalue weighted by atomic mass is 10.2. The average Bonchev–Trinajstić information content (AvgIpc) is 3.03. The Hall–Kier alpha value is -2.21. The third kappa shape index (κ3) is 2.80. The zero-order valence-corrected chi connectivity index (χ0v) is 12.9. The molecule has 1 amide bonds. The van der Waals surface area contributed by atoms with Crippen LogP contribution in [-0.2, 0) is 4.79 Å². The summed E-state index contributed by atoms with van der Waals surface area (Å²) in [4.78, 5) is 16.7. The fraction of sp³-hybridized carbons (Fsp3) is 0.267. The van der Waals surface area contributed by atoms with Crippen molar-refractivity contribution in [2.24, 2.45) is 0 Å². The summed E-state index contributed by atoms with van der Waals surface area (Å²) < 4.78 is 2.73. The smallest absolute Gasteiger partial charge is 0.250 e. The van der Waals surface area contributed by atoms with Gasteiger partial charge < -0.3 is 5.32 Å². The SMILES string of the molecule is Cc1ccc2nc(NC(=O)C(C)n3cc(C)cn3)sc2c1. The maximum Gasteiger partial charge on any atom is 0.250 e. The van der Waals surface area contributed by atoms with Gasteiger partial charge in [0.05, 0.1) is 16.4 Å². The first kappa shape index (κ1) is 13.8. The number of anilines is 1. The second-order valence-corrected chi connectivity index (χ2v) is 6.18. The molecule has 21 heavy (non-hydrogen) atoms. The van der Waals surface area contributed by atoms with Crippen molar-refractivity contribution in [3.63, 3.8) is 0 Å². The molecule has 5 nitrogen and oxygen atoms in total. The lowest BCUT2D eigenvalue weighted by Crippen LogP contribution is -2.23. The summed E-state index contributed by atoms with van der Waals surface area (Å²) in [5.74, 6) is -0.117. The van der Waals surface area contributed by atoms with Crippen LogP contribution in [0.15, 0.2) is 30.6 Å². The molecule has 0 bridgehead atoms. The molecule has 0 radical (unpaired) electrons. The summed E-state index contributed by atoms with van der Waals surface area (Å²) in [6.45, 7) is 5.81. The van der Waals surface area contributed by atoms with Crippen molar-refractivity contribution in [1.29, 1.82) is 0 Å². The lowest BCUT2D eigenvalue weighted by Gasteiger charge is -2.10. The van der Waals surface area contributed by atoms with Gasteiger partial charge in [-0.1, -0.05) is 17.4 Å². The van der Waals surface area contributed by atoms with Crippen LogP contribution in [0.4, 0.5) is 5.13 Å². The van der Waals surface area contributed by atoms with Crippen LogP contribution in [0.3, 0.4) is 0 Å². The number of amides is 1. The Bertz CT molecular complexity index is 805. The summed E-state index contributed by atoms with van der Waals surface area (Å²) >= 11 is 1.48. The highest BCUT2D eigenvalue weighted by Gasteiger charge is 2.17. The minimum absolute atomic E-state index is 0.117. The predicted molar refractivity (Wildman–Crippen MR) is 84.7 cm³/mol. The number of fused-ring (bicyclic) bond motifs is 1. The molecule has 0 saturated carbocycles. The number of nitrogens with one attached hydrogen (secondary N) is 1. The van der Waals surface area contributed by atoms with E-state index in [1.807, 2.05) is 39.1 Å². The lowest BCUT2D eigenvalue weighted by molar-refractivity contribution is -0.119. The number of aromatic nitrogens is 3. The van der Waals surface area contributed by atoms with E-state index < -0.39 is 0 Å². The second-order valence-electron chi connectivity index (χ2n) is 5.15. The third-order valence-corrected chi connectivity index (χ3v) is 4.21. The van der Waals surface area contributed by atoms with Crippen LogP contribution in [0.2, 0.25) is 0 Å². The third-order valence-electron chi connectivity index (χ3n) is 3.28. The van der Waals surface area contributed by atoms with Crippen LogP contribution in [0, 0.1) is 13.8 Å². The first-order valence-corrected chi connectivity index (χ1v) is 7.53. The molecule has 108 valence electrons. The van der Waals surface area contributed by atoms with Gasteiger partial charge in [-0.2, -0.15) is 5.10 Å². The van der Waals surface area contributed by atoms with Crippen molar-refractivity contribution >= 4 is 32.6 Å². The number of carbonyl (C=O) groups is 1. The van der Waals surface area contributed by atoms with E-state index in [0.717, 1.165) is 15.8 Å². The average molecular weight is 300 g/mol. The molecule has 0 aliphatic rings.